The molecule has 1 aromatic heterocycles. The molecule has 1 unspecified atom stereocenters. The summed E-state index contributed by atoms with van der Waals surface area (Å²) in [4.78, 5) is 12.1. The molecule has 20 heavy (non-hydrogen) atoms. The molecule has 106 valence electrons. The predicted octanol–water partition coefficient (Wildman–Crippen LogP) is 3.55. The number of halogens is 2. The average Bonchev–Trinajstić information content (AvgIpc) is 2.79. The van der Waals surface area contributed by atoms with Gasteiger partial charge in [-0.3, -0.25) is 4.79 Å². The van der Waals surface area contributed by atoms with Crippen molar-refractivity contribution in [2.45, 2.75) is 16.5 Å². The van der Waals surface area contributed by atoms with E-state index in [0.29, 0.717) is 25.2 Å². The topological polar surface area (TPSA) is 80.9 Å². The van der Waals surface area contributed by atoms with Crippen LogP contribution in [-0.4, -0.2) is 21.4 Å². The first-order chi connectivity index (χ1) is 9.47. The molecular formula is C11H10Cl2N4OS2. The molecule has 1 amide bonds. The lowest BCUT2D eigenvalue weighted by atomic mass is 10.3. The number of para-hydroxylation sites is 1. The molecule has 2 aromatic rings. The van der Waals surface area contributed by atoms with Crippen LogP contribution in [-0.2, 0) is 4.79 Å². The van der Waals surface area contributed by atoms with E-state index in [1.807, 2.05) is 0 Å². The number of nitrogen functional groups attached to an aromatic ring is 1. The number of anilines is 2. The van der Waals surface area contributed by atoms with Gasteiger partial charge in [-0.15, -0.1) is 10.2 Å². The zero-order chi connectivity index (χ0) is 14.7. The van der Waals surface area contributed by atoms with Crippen LogP contribution in [0.5, 0.6) is 0 Å². The molecule has 0 fully saturated rings. The molecule has 0 radical (unpaired) electrons. The predicted molar refractivity (Wildman–Crippen MR) is 84.7 cm³/mol. The molecule has 9 heteroatoms. The molecule has 0 aliphatic carbocycles. The van der Waals surface area contributed by atoms with Crippen LogP contribution in [0, 0.1) is 0 Å². The van der Waals surface area contributed by atoms with Gasteiger partial charge >= 0.3 is 0 Å². The molecule has 0 aliphatic rings. The number of aromatic nitrogens is 2. The Hall–Kier alpha value is -1.02. The minimum Gasteiger partial charge on any atom is -0.374 e. The Morgan fingerprint density at radius 3 is 2.60 bits per heavy atom. The number of thioether (sulfide) groups is 1. The molecule has 2 rings (SSSR count). The molecule has 0 spiro atoms. The molecule has 1 heterocycles. The van der Waals surface area contributed by atoms with Crippen molar-refractivity contribution in [3.8, 4) is 0 Å². The monoisotopic (exact) mass is 348 g/mol. The maximum Gasteiger partial charge on any atom is 0.237 e. The third-order valence-corrected chi connectivity index (χ3v) is 4.85. The minimum atomic E-state index is -0.380. The van der Waals surface area contributed by atoms with Crippen molar-refractivity contribution >= 4 is 63.0 Å². The molecule has 0 saturated carbocycles. The fourth-order valence-electron chi connectivity index (χ4n) is 1.31. The number of rotatable bonds is 4. The first-order valence-electron chi connectivity index (χ1n) is 5.48. The quantitative estimate of drug-likeness (QED) is 0.825. The second-order valence-electron chi connectivity index (χ2n) is 3.75. The number of benzene rings is 1. The van der Waals surface area contributed by atoms with E-state index in [1.165, 1.54) is 23.1 Å². The number of hydrogen-bond donors (Lipinski definition) is 2. The zero-order valence-electron chi connectivity index (χ0n) is 10.3. The summed E-state index contributed by atoms with van der Waals surface area (Å²) >= 11 is 14.5. The van der Waals surface area contributed by atoms with Crippen molar-refractivity contribution in [1.82, 2.24) is 10.2 Å². The van der Waals surface area contributed by atoms with E-state index in [4.69, 9.17) is 28.9 Å². The number of nitrogens with one attached hydrogen (secondary N) is 1. The largest absolute Gasteiger partial charge is 0.374 e. The van der Waals surface area contributed by atoms with Crippen molar-refractivity contribution in [3.63, 3.8) is 0 Å². The third-order valence-electron chi connectivity index (χ3n) is 2.28. The molecule has 1 aromatic carbocycles. The maximum absolute atomic E-state index is 12.1. The van der Waals surface area contributed by atoms with Crippen LogP contribution in [0.2, 0.25) is 10.0 Å². The fourth-order valence-corrected chi connectivity index (χ4v) is 3.59. The van der Waals surface area contributed by atoms with Crippen LogP contribution in [0.1, 0.15) is 6.92 Å². The Morgan fingerprint density at radius 2 is 2.05 bits per heavy atom. The van der Waals surface area contributed by atoms with E-state index in [1.54, 1.807) is 25.1 Å². The summed E-state index contributed by atoms with van der Waals surface area (Å²) in [5.74, 6) is -0.223. The molecule has 1 atom stereocenters. The van der Waals surface area contributed by atoms with Gasteiger partial charge in [-0.1, -0.05) is 52.4 Å². The van der Waals surface area contributed by atoms with Gasteiger partial charge in [0.15, 0.2) is 4.34 Å². The first kappa shape index (κ1) is 15.4. The number of carbonyl (C=O) groups excluding carboxylic acids is 1. The number of nitrogens with zero attached hydrogens (tertiary/aromatic N) is 2. The molecule has 0 bridgehead atoms. The van der Waals surface area contributed by atoms with Gasteiger partial charge in [0.2, 0.25) is 11.0 Å². The Kier molecular flexibility index (Phi) is 5.09. The third kappa shape index (κ3) is 3.76. The standard InChI is InChI=1S/C11H10Cl2N4OS2/c1-5(19-11-17-16-10(14)20-11)9(18)15-8-6(12)3-2-4-7(8)13/h2-5H,1H3,(H2,14,16)(H,15,18). The van der Waals surface area contributed by atoms with Crippen LogP contribution < -0.4 is 11.1 Å². The van der Waals surface area contributed by atoms with E-state index in [9.17, 15) is 4.79 Å². The van der Waals surface area contributed by atoms with Crippen LogP contribution in [0.25, 0.3) is 0 Å². The van der Waals surface area contributed by atoms with Gasteiger partial charge in [0.05, 0.1) is 21.0 Å². The van der Waals surface area contributed by atoms with Gasteiger partial charge in [0.25, 0.3) is 0 Å². The van der Waals surface area contributed by atoms with Gasteiger partial charge in [0, 0.05) is 0 Å². The van der Waals surface area contributed by atoms with Crippen LogP contribution >= 0.6 is 46.3 Å². The lowest BCUT2D eigenvalue weighted by Crippen LogP contribution is -2.22. The Bertz CT molecular complexity index is 614. The second kappa shape index (κ2) is 6.62. The first-order valence-corrected chi connectivity index (χ1v) is 7.93. The second-order valence-corrected chi connectivity index (χ2v) is 7.16. The highest BCUT2D eigenvalue weighted by atomic mass is 35.5. The van der Waals surface area contributed by atoms with Crippen LogP contribution in [0.4, 0.5) is 10.8 Å². The van der Waals surface area contributed by atoms with Gasteiger partial charge < -0.3 is 11.1 Å². The normalized spacial score (nSPS) is 12.2. The summed E-state index contributed by atoms with van der Waals surface area (Å²) in [6.45, 7) is 1.75. The summed E-state index contributed by atoms with van der Waals surface area (Å²) in [7, 11) is 0. The number of nitrogens with two attached hydrogens (primary N) is 1. The van der Waals surface area contributed by atoms with Gasteiger partial charge in [0.1, 0.15) is 0 Å². The fraction of sp³-hybridized carbons (Fsp3) is 0.182. The Labute approximate surface area is 133 Å². The van der Waals surface area contributed by atoms with Crippen molar-refractivity contribution in [2.24, 2.45) is 0 Å². The average molecular weight is 349 g/mol. The van der Waals surface area contributed by atoms with Crippen LogP contribution in [0.15, 0.2) is 22.5 Å². The summed E-state index contributed by atoms with van der Waals surface area (Å²) in [6, 6.07) is 5.03. The Morgan fingerprint density at radius 1 is 1.40 bits per heavy atom. The van der Waals surface area contributed by atoms with Gasteiger partial charge in [-0.25, -0.2) is 0 Å². The highest BCUT2D eigenvalue weighted by molar-refractivity contribution is 8.02. The lowest BCUT2D eigenvalue weighted by Gasteiger charge is -2.12. The van der Waals surface area contributed by atoms with Crippen molar-refractivity contribution in [1.29, 1.82) is 0 Å². The van der Waals surface area contributed by atoms with E-state index in [2.05, 4.69) is 15.5 Å². The molecule has 3 N–H and O–H groups in total. The van der Waals surface area contributed by atoms with E-state index in [-0.39, 0.29) is 11.2 Å². The minimum absolute atomic E-state index is 0.223. The smallest absolute Gasteiger partial charge is 0.237 e. The highest BCUT2D eigenvalue weighted by Crippen LogP contribution is 2.32. The SMILES string of the molecule is CC(Sc1nnc(N)s1)C(=O)Nc1c(Cl)cccc1Cl. The van der Waals surface area contributed by atoms with E-state index in [0.717, 1.165) is 0 Å². The number of amides is 1. The highest BCUT2D eigenvalue weighted by Gasteiger charge is 2.19. The van der Waals surface area contributed by atoms with Crippen LogP contribution in [0.3, 0.4) is 0 Å². The van der Waals surface area contributed by atoms with Gasteiger partial charge in [-0.2, -0.15) is 0 Å². The number of carbonyl (C=O) groups is 1. The molecule has 0 saturated heterocycles. The number of hydrogen-bond acceptors (Lipinski definition) is 6. The lowest BCUT2D eigenvalue weighted by molar-refractivity contribution is -0.115. The summed E-state index contributed by atoms with van der Waals surface area (Å²) < 4.78 is 0.635. The zero-order valence-corrected chi connectivity index (χ0v) is 13.4. The van der Waals surface area contributed by atoms with Crippen molar-refractivity contribution in [2.75, 3.05) is 11.1 Å². The van der Waals surface area contributed by atoms with E-state index < -0.39 is 0 Å². The molecule has 5 nitrogen and oxygen atoms in total. The van der Waals surface area contributed by atoms with E-state index >= 15 is 0 Å². The van der Waals surface area contributed by atoms with Crippen molar-refractivity contribution in [3.05, 3.63) is 28.2 Å². The summed E-state index contributed by atoms with van der Waals surface area (Å²) in [5.41, 5.74) is 5.90. The van der Waals surface area contributed by atoms with Crippen molar-refractivity contribution < 1.29 is 4.79 Å². The summed E-state index contributed by atoms with van der Waals surface area (Å²) in [5, 5.41) is 11.0. The maximum atomic E-state index is 12.1. The van der Waals surface area contributed by atoms with Gasteiger partial charge in [-0.05, 0) is 19.1 Å². The molecule has 0 aliphatic heterocycles. The summed E-state index contributed by atoms with van der Waals surface area (Å²) in [6.07, 6.45) is 0. The molecular weight excluding hydrogens is 339 g/mol. The Balaban J connectivity index is 2.04.